The van der Waals surface area contributed by atoms with Crippen molar-refractivity contribution in [3.8, 4) is 5.75 Å². The van der Waals surface area contributed by atoms with Crippen LogP contribution in [0.5, 0.6) is 5.75 Å². The van der Waals surface area contributed by atoms with Crippen molar-refractivity contribution in [3.05, 3.63) is 73.5 Å². The second kappa shape index (κ2) is 9.57. The van der Waals surface area contributed by atoms with Crippen LogP contribution in [0.4, 0.5) is 17.1 Å². The van der Waals surface area contributed by atoms with E-state index >= 15 is 0 Å². The van der Waals surface area contributed by atoms with Gasteiger partial charge in [0, 0.05) is 0 Å². The van der Waals surface area contributed by atoms with Gasteiger partial charge in [-0.1, -0.05) is 62.7 Å². The first-order valence-corrected chi connectivity index (χ1v) is 11.4. The zero-order chi connectivity index (χ0) is 23.6. The van der Waals surface area contributed by atoms with E-state index in [4.69, 9.17) is 11.6 Å². The SMILES string of the molecule is CN(C)Sc1c(Cl)ccc(Nc2c(NC(CC(C)(C)C)c3ccccc3)c(=O)c2=O)c1O. The summed E-state index contributed by atoms with van der Waals surface area (Å²) in [6.07, 6.45) is 0.755. The molecule has 0 spiro atoms. The fourth-order valence-corrected chi connectivity index (χ4v) is 4.40. The molecule has 32 heavy (non-hydrogen) atoms. The molecule has 170 valence electrons. The Kier molecular flexibility index (Phi) is 7.22. The van der Waals surface area contributed by atoms with Crippen molar-refractivity contribution in [3.63, 3.8) is 0 Å². The van der Waals surface area contributed by atoms with Crippen molar-refractivity contribution in [1.29, 1.82) is 0 Å². The molecule has 0 aliphatic carbocycles. The maximum absolute atomic E-state index is 12.4. The number of phenolic OH excluding ortho intramolecular Hbond substituents is 1. The second-order valence-electron chi connectivity index (χ2n) is 9.08. The summed E-state index contributed by atoms with van der Waals surface area (Å²) in [5, 5.41) is 17.3. The number of hydrogen-bond acceptors (Lipinski definition) is 7. The fourth-order valence-electron chi connectivity index (χ4n) is 3.42. The lowest BCUT2D eigenvalue weighted by atomic mass is 9.85. The number of anilines is 3. The summed E-state index contributed by atoms with van der Waals surface area (Å²) in [5.74, 6) is -0.0792. The zero-order valence-electron chi connectivity index (χ0n) is 18.8. The van der Waals surface area contributed by atoms with Crippen molar-refractivity contribution in [2.45, 2.75) is 38.1 Å². The summed E-state index contributed by atoms with van der Waals surface area (Å²) < 4.78 is 1.80. The van der Waals surface area contributed by atoms with Crippen molar-refractivity contribution in [2.75, 3.05) is 24.7 Å². The van der Waals surface area contributed by atoms with E-state index in [1.54, 1.807) is 16.4 Å². The Morgan fingerprint density at radius 2 is 1.66 bits per heavy atom. The summed E-state index contributed by atoms with van der Waals surface area (Å²) in [4.78, 5) is 25.3. The lowest BCUT2D eigenvalue weighted by Gasteiger charge is -2.29. The van der Waals surface area contributed by atoms with Crippen LogP contribution in [0.3, 0.4) is 0 Å². The van der Waals surface area contributed by atoms with Gasteiger partial charge in [0.1, 0.15) is 11.4 Å². The third-order valence-corrected chi connectivity index (χ3v) is 6.25. The van der Waals surface area contributed by atoms with Crippen LogP contribution in [-0.4, -0.2) is 23.5 Å². The van der Waals surface area contributed by atoms with Gasteiger partial charge in [0.05, 0.1) is 21.6 Å². The molecule has 3 aromatic carbocycles. The van der Waals surface area contributed by atoms with E-state index in [1.165, 1.54) is 11.9 Å². The highest BCUT2D eigenvalue weighted by Crippen LogP contribution is 2.42. The smallest absolute Gasteiger partial charge is 0.253 e. The van der Waals surface area contributed by atoms with Crippen LogP contribution in [0.15, 0.2) is 56.9 Å². The highest BCUT2D eigenvalue weighted by atomic mass is 35.5. The molecule has 0 aliphatic rings. The molecule has 3 N–H and O–H groups in total. The predicted octanol–water partition coefficient (Wildman–Crippen LogP) is 5.54. The van der Waals surface area contributed by atoms with Gasteiger partial charge in [0.2, 0.25) is 0 Å². The van der Waals surface area contributed by atoms with Crippen LogP contribution in [0.1, 0.15) is 38.8 Å². The van der Waals surface area contributed by atoms with E-state index in [2.05, 4.69) is 31.4 Å². The summed E-state index contributed by atoms with van der Waals surface area (Å²) in [6.45, 7) is 6.38. The molecule has 6 nitrogen and oxygen atoms in total. The molecule has 1 atom stereocenters. The number of benzene rings is 2. The molecule has 0 aromatic heterocycles. The number of halogens is 1. The van der Waals surface area contributed by atoms with Gasteiger partial charge in [-0.3, -0.25) is 13.9 Å². The second-order valence-corrected chi connectivity index (χ2v) is 10.8. The van der Waals surface area contributed by atoms with Crippen molar-refractivity contribution in [2.24, 2.45) is 5.41 Å². The molecule has 0 saturated heterocycles. The van der Waals surface area contributed by atoms with E-state index in [9.17, 15) is 14.7 Å². The fraction of sp³-hybridized carbons (Fsp3) is 0.333. The van der Waals surface area contributed by atoms with E-state index in [-0.39, 0.29) is 28.6 Å². The molecule has 3 aromatic rings. The molecule has 0 bridgehead atoms. The Hall–Kier alpha value is -2.48. The third-order valence-electron chi connectivity index (χ3n) is 4.86. The van der Waals surface area contributed by atoms with Crippen LogP contribution in [0.25, 0.3) is 0 Å². The molecule has 0 aliphatic heterocycles. The third kappa shape index (κ3) is 5.46. The Morgan fingerprint density at radius 3 is 2.25 bits per heavy atom. The minimum Gasteiger partial charge on any atom is -0.505 e. The highest BCUT2D eigenvalue weighted by Gasteiger charge is 2.27. The topological polar surface area (TPSA) is 81.7 Å². The molecular weight excluding hydrogens is 446 g/mol. The van der Waals surface area contributed by atoms with E-state index in [0.717, 1.165) is 12.0 Å². The Balaban J connectivity index is 1.94. The minimum atomic E-state index is -0.619. The number of rotatable bonds is 8. The maximum atomic E-state index is 12.4. The molecule has 0 heterocycles. The number of hydrogen-bond donors (Lipinski definition) is 3. The largest absolute Gasteiger partial charge is 0.505 e. The summed E-state index contributed by atoms with van der Waals surface area (Å²) >= 11 is 7.49. The zero-order valence-corrected chi connectivity index (χ0v) is 20.4. The lowest BCUT2D eigenvalue weighted by Crippen LogP contribution is -2.38. The molecular formula is C24H28ClN3O3S. The van der Waals surface area contributed by atoms with Crippen LogP contribution in [0.2, 0.25) is 5.02 Å². The molecule has 0 fully saturated rings. The number of nitrogens with one attached hydrogen (secondary N) is 2. The molecule has 0 amide bonds. The summed E-state index contributed by atoms with van der Waals surface area (Å²) in [5.41, 5.74) is 0.504. The lowest BCUT2D eigenvalue weighted by molar-refractivity contribution is 0.352. The van der Waals surface area contributed by atoms with Gasteiger partial charge in [-0.15, -0.1) is 0 Å². The first kappa shape index (κ1) is 24.2. The van der Waals surface area contributed by atoms with E-state index in [0.29, 0.717) is 15.6 Å². The van der Waals surface area contributed by atoms with Crippen LogP contribution in [-0.2, 0) is 0 Å². The monoisotopic (exact) mass is 473 g/mol. The first-order valence-electron chi connectivity index (χ1n) is 10.3. The molecule has 0 radical (unpaired) electrons. The summed E-state index contributed by atoms with van der Waals surface area (Å²) in [7, 11) is 3.66. The Morgan fingerprint density at radius 1 is 1.03 bits per heavy atom. The van der Waals surface area contributed by atoms with E-state index < -0.39 is 10.9 Å². The van der Waals surface area contributed by atoms with Gasteiger partial charge in [-0.2, -0.15) is 0 Å². The maximum Gasteiger partial charge on any atom is 0.253 e. The normalized spacial score (nSPS) is 12.8. The Bertz CT molecular complexity index is 1170. The average Bonchev–Trinajstić information content (AvgIpc) is 2.73. The van der Waals surface area contributed by atoms with Gasteiger partial charge in [-0.05, 0) is 55.6 Å². The van der Waals surface area contributed by atoms with Gasteiger partial charge in [0.25, 0.3) is 10.9 Å². The van der Waals surface area contributed by atoms with Gasteiger partial charge in [-0.25, -0.2) is 0 Å². The number of aromatic hydroxyl groups is 1. The summed E-state index contributed by atoms with van der Waals surface area (Å²) in [6, 6.07) is 12.9. The van der Waals surface area contributed by atoms with Gasteiger partial charge >= 0.3 is 0 Å². The number of phenols is 1. The Labute approximate surface area is 197 Å². The quantitative estimate of drug-likeness (QED) is 0.225. The van der Waals surface area contributed by atoms with Gasteiger partial charge < -0.3 is 15.7 Å². The first-order chi connectivity index (χ1) is 15.0. The van der Waals surface area contributed by atoms with Crippen LogP contribution >= 0.6 is 23.5 Å². The van der Waals surface area contributed by atoms with Crippen molar-refractivity contribution >= 4 is 40.6 Å². The van der Waals surface area contributed by atoms with Crippen LogP contribution < -0.4 is 21.5 Å². The highest BCUT2D eigenvalue weighted by molar-refractivity contribution is 7.97. The molecule has 3 rings (SSSR count). The average molecular weight is 474 g/mol. The molecule has 0 saturated carbocycles. The van der Waals surface area contributed by atoms with E-state index in [1.807, 2.05) is 44.4 Å². The van der Waals surface area contributed by atoms with Crippen molar-refractivity contribution < 1.29 is 5.11 Å². The minimum absolute atomic E-state index is 0.00872. The number of nitrogens with zero attached hydrogens (tertiary/aromatic N) is 1. The molecule has 1 unspecified atom stereocenters. The standard InChI is InChI=1S/C24H28ClN3O3S/c1-24(2,3)13-17(14-9-7-6-8-10-14)27-19-18(21(30)22(19)31)26-16-12-11-15(25)23(20(16)29)32-28(4)5/h6-12,17,26-27,29H,13H2,1-5H3. The van der Waals surface area contributed by atoms with Gasteiger partial charge in [0.15, 0.2) is 5.75 Å². The van der Waals surface area contributed by atoms with Crippen LogP contribution in [0, 0.1) is 5.41 Å². The molecule has 8 heteroatoms. The predicted molar refractivity (Wildman–Crippen MR) is 134 cm³/mol. The van der Waals surface area contributed by atoms with Crippen molar-refractivity contribution in [1.82, 2.24) is 4.31 Å².